The van der Waals surface area contributed by atoms with Crippen LogP contribution in [0.5, 0.6) is 0 Å². The van der Waals surface area contributed by atoms with Crippen LogP contribution in [-0.2, 0) is 19.4 Å². The number of allylic oxidation sites excluding steroid dienone is 1. The first-order valence-corrected chi connectivity index (χ1v) is 17.4. The second kappa shape index (κ2) is 14.1. The molecule has 2 aliphatic rings. The fourth-order valence-corrected chi connectivity index (χ4v) is 9.44. The number of hydrogen-bond acceptors (Lipinski definition) is 14. The Bertz CT molecular complexity index is 1810. The lowest BCUT2D eigenvalue weighted by Crippen LogP contribution is -2.13. The first-order chi connectivity index (χ1) is 21.4. The smallest absolute Gasteiger partial charge is 0.305 e. The zero-order chi connectivity index (χ0) is 32.9. The second-order valence-electron chi connectivity index (χ2n) is 9.96. The fraction of sp³-hybridized carbons (Fsp3) is 0.370. The number of hydrogen-bond donors (Lipinski definition) is 0. The van der Waals surface area contributed by atoms with E-state index < -0.39 is 80.6 Å². The molecule has 15 nitrogen and oxygen atoms in total. The Morgan fingerprint density at radius 2 is 1.58 bits per heavy atom. The maximum Gasteiger partial charge on any atom is 0.305 e. The molecule has 1 heterocycles. The molecule has 0 spiro atoms. The largest absolute Gasteiger partial charge is 0.466 e. The Hall–Kier alpha value is -4.52. The van der Waals surface area contributed by atoms with E-state index in [1.54, 1.807) is 12.1 Å². The number of carbonyl (C=O) groups is 1. The summed E-state index contributed by atoms with van der Waals surface area (Å²) in [6, 6.07) is 6.23. The van der Waals surface area contributed by atoms with Crippen molar-refractivity contribution in [2.24, 2.45) is 0 Å². The number of non-ortho nitro benzene ring substituents is 1. The highest BCUT2D eigenvalue weighted by Gasteiger charge is 2.41. The van der Waals surface area contributed by atoms with E-state index in [4.69, 9.17) is 4.74 Å². The summed E-state index contributed by atoms with van der Waals surface area (Å²) in [4.78, 5) is 44.2. The van der Waals surface area contributed by atoms with Gasteiger partial charge in [0.25, 0.3) is 17.1 Å². The number of carbonyl (C=O) groups excluding carboxylic acids is 1. The van der Waals surface area contributed by atoms with E-state index in [0.717, 1.165) is 37.1 Å². The standard InChI is InChI=1S/C27H23N5O10S3/c28-14-16(15-29)25-20-10-17(30(34)35)11-22(31(36)37)26(20)27-21(25)12-19(13-23(27)32(38)39)45(40,41)9-3-7-42-24(33)5-2-1-4-18-6-8-43-44-18/h10-13,18H,1-9H2. The number of sulfone groups is 1. The summed E-state index contributed by atoms with van der Waals surface area (Å²) < 4.78 is 31.7. The summed E-state index contributed by atoms with van der Waals surface area (Å²) in [5, 5.41) is 55.4. The van der Waals surface area contributed by atoms with Gasteiger partial charge in [-0.3, -0.25) is 35.1 Å². The maximum atomic E-state index is 13.3. The van der Waals surface area contributed by atoms with Crippen LogP contribution in [0, 0.1) is 53.0 Å². The van der Waals surface area contributed by atoms with Crippen molar-refractivity contribution < 1.29 is 32.7 Å². The molecule has 1 unspecified atom stereocenters. The SMILES string of the molecule is N#CC(C#N)=C1c2cc([N+](=O)[O-])cc([N+](=O)[O-])c2-c2c1cc(S(=O)(=O)CCCOC(=O)CCCCC1CCSS1)cc2[N+](=O)[O-]. The number of benzene rings is 2. The molecular formula is C27H23N5O10S3. The number of ether oxygens (including phenoxy) is 1. The number of unbranched alkanes of at least 4 members (excludes halogenated alkanes) is 1. The molecule has 18 heteroatoms. The summed E-state index contributed by atoms with van der Waals surface area (Å²) in [5.41, 5.74) is -5.28. The van der Waals surface area contributed by atoms with Crippen molar-refractivity contribution in [2.75, 3.05) is 18.1 Å². The Morgan fingerprint density at radius 3 is 2.16 bits per heavy atom. The van der Waals surface area contributed by atoms with Gasteiger partial charge in [-0.15, -0.1) is 0 Å². The van der Waals surface area contributed by atoms with Gasteiger partial charge in [-0.25, -0.2) is 8.42 Å². The molecule has 0 amide bonds. The molecule has 1 saturated heterocycles. The number of fused-ring (bicyclic) bond motifs is 3. The lowest BCUT2D eigenvalue weighted by Gasteiger charge is -2.10. The predicted molar refractivity (Wildman–Crippen MR) is 164 cm³/mol. The van der Waals surface area contributed by atoms with Gasteiger partial charge in [-0.2, -0.15) is 10.5 Å². The highest BCUT2D eigenvalue weighted by molar-refractivity contribution is 8.77. The van der Waals surface area contributed by atoms with Crippen molar-refractivity contribution in [1.82, 2.24) is 0 Å². The first kappa shape index (κ1) is 33.4. The monoisotopic (exact) mass is 673 g/mol. The summed E-state index contributed by atoms with van der Waals surface area (Å²) in [6.45, 7) is -0.223. The van der Waals surface area contributed by atoms with Crippen molar-refractivity contribution in [1.29, 1.82) is 10.5 Å². The van der Waals surface area contributed by atoms with Crippen LogP contribution in [0.2, 0.25) is 0 Å². The van der Waals surface area contributed by atoms with Gasteiger partial charge < -0.3 is 4.74 Å². The quantitative estimate of drug-likeness (QED) is 0.0531. The van der Waals surface area contributed by atoms with Gasteiger partial charge in [0.15, 0.2) is 9.84 Å². The van der Waals surface area contributed by atoms with Crippen LogP contribution in [0.1, 0.15) is 49.7 Å². The van der Waals surface area contributed by atoms with Crippen LogP contribution in [-0.4, -0.2) is 52.5 Å². The van der Waals surface area contributed by atoms with Crippen LogP contribution in [0.15, 0.2) is 34.7 Å². The van der Waals surface area contributed by atoms with E-state index in [-0.39, 0.29) is 30.6 Å². The lowest BCUT2D eigenvalue weighted by atomic mass is 9.98. The fourth-order valence-electron chi connectivity index (χ4n) is 5.09. The van der Waals surface area contributed by atoms with E-state index >= 15 is 0 Å². The molecular weight excluding hydrogens is 651 g/mol. The molecule has 1 atom stereocenters. The third kappa shape index (κ3) is 7.25. The number of nitriles is 2. The molecule has 1 aliphatic carbocycles. The maximum absolute atomic E-state index is 13.3. The third-order valence-corrected chi connectivity index (χ3v) is 11.9. The molecule has 1 aliphatic heterocycles. The van der Waals surface area contributed by atoms with Crippen molar-refractivity contribution >= 4 is 60.0 Å². The average Bonchev–Trinajstić information content (AvgIpc) is 3.63. The first-order valence-electron chi connectivity index (χ1n) is 13.4. The Morgan fingerprint density at radius 1 is 0.933 bits per heavy atom. The topological polar surface area (TPSA) is 237 Å². The predicted octanol–water partition coefficient (Wildman–Crippen LogP) is 5.66. The molecule has 4 rings (SSSR count). The number of nitro benzene ring substituents is 3. The zero-order valence-electron chi connectivity index (χ0n) is 23.3. The van der Waals surface area contributed by atoms with Crippen molar-refractivity contribution in [2.45, 2.75) is 48.7 Å². The van der Waals surface area contributed by atoms with Gasteiger partial charge in [0.1, 0.15) is 17.7 Å². The summed E-state index contributed by atoms with van der Waals surface area (Å²) in [5.74, 6) is 0.0599. The molecule has 0 radical (unpaired) electrons. The van der Waals surface area contributed by atoms with Crippen LogP contribution in [0.4, 0.5) is 17.1 Å². The van der Waals surface area contributed by atoms with Gasteiger partial charge >= 0.3 is 5.97 Å². The van der Waals surface area contributed by atoms with Gasteiger partial charge in [-0.1, -0.05) is 28.0 Å². The number of rotatable bonds is 13. The van der Waals surface area contributed by atoms with Crippen LogP contribution < -0.4 is 0 Å². The number of nitro groups is 3. The minimum Gasteiger partial charge on any atom is -0.466 e. The molecule has 1 fully saturated rings. The van der Waals surface area contributed by atoms with Crippen LogP contribution >= 0.6 is 21.6 Å². The zero-order valence-corrected chi connectivity index (χ0v) is 25.7. The van der Waals surface area contributed by atoms with Crippen LogP contribution in [0.25, 0.3) is 16.7 Å². The molecule has 234 valence electrons. The van der Waals surface area contributed by atoms with Crippen molar-refractivity contribution in [3.63, 3.8) is 0 Å². The molecule has 45 heavy (non-hydrogen) atoms. The molecule has 0 bridgehead atoms. The second-order valence-corrected chi connectivity index (χ2v) is 14.9. The average molecular weight is 674 g/mol. The third-order valence-electron chi connectivity index (χ3n) is 7.12. The van der Waals surface area contributed by atoms with E-state index in [1.807, 2.05) is 21.6 Å². The summed E-state index contributed by atoms with van der Waals surface area (Å²) >= 11 is 0. The normalized spacial score (nSPS) is 15.0. The highest BCUT2D eigenvalue weighted by atomic mass is 33.1. The van der Waals surface area contributed by atoms with Gasteiger partial charge in [0.2, 0.25) is 0 Å². The summed E-state index contributed by atoms with van der Waals surface area (Å²) in [7, 11) is -0.600. The van der Waals surface area contributed by atoms with Crippen molar-refractivity contribution in [3.05, 3.63) is 71.3 Å². The van der Waals surface area contributed by atoms with E-state index in [1.165, 1.54) is 0 Å². The Balaban J connectivity index is 1.61. The molecule has 0 N–H and O–H groups in total. The molecule has 0 saturated carbocycles. The lowest BCUT2D eigenvalue weighted by molar-refractivity contribution is -0.394. The Labute approximate surface area is 264 Å². The van der Waals surface area contributed by atoms with Gasteiger partial charge in [0.05, 0.1) is 49.2 Å². The minimum atomic E-state index is -4.29. The van der Waals surface area contributed by atoms with E-state index in [0.29, 0.717) is 23.8 Å². The number of esters is 1. The highest BCUT2D eigenvalue weighted by Crippen LogP contribution is 2.55. The van der Waals surface area contributed by atoms with Gasteiger partial charge in [-0.05, 0) is 31.7 Å². The Kier molecular flexibility index (Phi) is 10.4. The van der Waals surface area contributed by atoms with Gasteiger partial charge in [0, 0.05) is 46.3 Å². The molecule has 0 aromatic heterocycles. The number of nitrogens with zero attached hydrogens (tertiary/aromatic N) is 5. The van der Waals surface area contributed by atoms with E-state index in [2.05, 4.69) is 0 Å². The van der Waals surface area contributed by atoms with E-state index in [9.17, 15) is 54.1 Å². The summed E-state index contributed by atoms with van der Waals surface area (Å²) in [6.07, 6.45) is 3.71. The molecule has 2 aromatic rings. The minimum absolute atomic E-state index is 0.142. The van der Waals surface area contributed by atoms with Crippen molar-refractivity contribution in [3.8, 4) is 23.3 Å². The molecule has 2 aromatic carbocycles. The van der Waals surface area contributed by atoms with Crippen LogP contribution in [0.3, 0.4) is 0 Å².